The molecule has 0 bridgehead atoms. The second-order valence-corrected chi connectivity index (χ2v) is 4.64. The minimum Gasteiger partial charge on any atom is -0.366 e. The molecule has 0 fully saturated rings. The van der Waals surface area contributed by atoms with E-state index < -0.39 is 5.91 Å². The van der Waals surface area contributed by atoms with Crippen molar-refractivity contribution >= 4 is 17.2 Å². The maximum atomic E-state index is 10.9. The van der Waals surface area contributed by atoms with Crippen molar-refractivity contribution in [2.24, 2.45) is 5.73 Å². The second-order valence-electron chi connectivity index (χ2n) is 3.64. The number of amides is 1. The average molecular weight is 251 g/mol. The maximum Gasteiger partial charge on any atom is 0.249 e. The lowest BCUT2D eigenvalue weighted by molar-refractivity contribution is 0.100. The van der Waals surface area contributed by atoms with Gasteiger partial charge in [-0.25, -0.2) is 4.98 Å². The Kier molecular flexibility index (Phi) is 3.50. The summed E-state index contributed by atoms with van der Waals surface area (Å²) < 4.78 is 0. The summed E-state index contributed by atoms with van der Waals surface area (Å²) in [6.07, 6.45) is 1.48. The summed E-state index contributed by atoms with van der Waals surface area (Å²) in [7, 11) is 0. The molecule has 2 aromatic heterocycles. The molecule has 0 aliphatic rings. The van der Waals surface area contributed by atoms with Crippen molar-refractivity contribution in [2.75, 3.05) is 0 Å². The predicted octanol–water partition coefficient (Wildman–Crippen LogP) is 0.816. The van der Waals surface area contributed by atoms with Crippen molar-refractivity contribution in [1.29, 1.82) is 0 Å². The van der Waals surface area contributed by atoms with Crippen molar-refractivity contribution in [3.8, 4) is 0 Å². The first-order valence-corrected chi connectivity index (χ1v) is 6.00. The second kappa shape index (κ2) is 5.07. The first-order chi connectivity index (χ1) is 8.16. The van der Waals surface area contributed by atoms with Crippen LogP contribution in [0.3, 0.4) is 0 Å². The number of nitrogens with one attached hydrogen (secondary N) is 2. The van der Waals surface area contributed by atoms with Crippen LogP contribution in [-0.2, 0) is 6.54 Å². The molecule has 2 aromatic rings. The SMILES string of the molecule is CC(NCc1cc(C(N)=O)cs1)c1ncn[nH]1. The molecule has 2 heterocycles. The molecule has 0 spiro atoms. The van der Waals surface area contributed by atoms with Crippen molar-refractivity contribution in [3.63, 3.8) is 0 Å². The van der Waals surface area contributed by atoms with Crippen LogP contribution in [0.2, 0.25) is 0 Å². The van der Waals surface area contributed by atoms with E-state index in [1.807, 2.05) is 6.92 Å². The van der Waals surface area contributed by atoms with E-state index in [1.165, 1.54) is 17.7 Å². The number of primary amides is 1. The van der Waals surface area contributed by atoms with Crippen LogP contribution in [-0.4, -0.2) is 21.1 Å². The van der Waals surface area contributed by atoms with E-state index >= 15 is 0 Å². The molecule has 0 aliphatic carbocycles. The van der Waals surface area contributed by atoms with E-state index in [-0.39, 0.29) is 6.04 Å². The van der Waals surface area contributed by atoms with Crippen molar-refractivity contribution in [3.05, 3.63) is 34.0 Å². The highest BCUT2D eigenvalue weighted by Crippen LogP contribution is 2.15. The van der Waals surface area contributed by atoms with Crippen LogP contribution in [0.1, 0.15) is 34.0 Å². The molecule has 4 N–H and O–H groups in total. The topological polar surface area (TPSA) is 96.7 Å². The van der Waals surface area contributed by atoms with Gasteiger partial charge in [0.1, 0.15) is 12.2 Å². The number of hydrogen-bond acceptors (Lipinski definition) is 5. The molecular formula is C10H13N5OS. The number of carbonyl (C=O) groups excluding carboxylic acids is 1. The highest BCUT2D eigenvalue weighted by atomic mass is 32.1. The third kappa shape index (κ3) is 2.89. The molecule has 0 aliphatic heterocycles. The Morgan fingerprint density at radius 1 is 1.71 bits per heavy atom. The first kappa shape index (κ1) is 11.7. The zero-order chi connectivity index (χ0) is 12.3. The number of rotatable bonds is 5. The fraction of sp³-hybridized carbons (Fsp3) is 0.300. The average Bonchev–Trinajstić information content (AvgIpc) is 2.97. The summed E-state index contributed by atoms with van der Waals surface area (Å²) in [5, 5.41) is 11.6. The highest BCUT2D eigenvalue weighted by Gasteiger charge is 2.09. The normalized spacial score (nSPS) is 12.5. The molecule has 90 valence electrons. The number of hydrogen-bond donors (Lipinski definition) is 3. The number of carbonyl (C=O) groups is 1. The lowest BCUT2D eigenvalue weighted by Gasteiger charge is -2.09. The summed E-state index contributed by atoms with van der Waals surface area (Å²) >= 11 is 1.51. The van der Waals surface area contributed by atoms with E-state index in [0.717, 1.165) is 10.7 Å². The van der Waals surface area contributed by atoms with E-state index in [9.17, 15) is 4.79 Å². The summed E-state index contributed by atoms with van der Waals surface area (Å²) in [5.74, 6) is 0.396. The van der Waals surface area contributed by atoms with Gasteiger partial charge < -0.3 is 11.1 Å². The van der Waals surface area contributed by atoms with Gasteiger partial charge in [-0.2, -0.15) is 5.10 Å². The van der Waals surface area contributed by atoms with Gasteiger partial charge in [-0.05, 0) is 13.0 Å². The van der Waals surface area contributed by atoms with Gasteiger partial charge in [0.25, 0.3) is 0 Å². The Labute approximate surface area is 102 Å². The monoisotopic (exact) mass is 251 g/mol. The quantitative estimate of drug-likeness (QED) is 0.732. The van der Waals surface area contributed by atoms with E-state index in [1.54, 1.807) is 11.4 Å². The molecule has 2 rings (SSSR count). The van der Waals surface area contributed by atoms with Crippen molar-refractivity contribution in [1.82, 2.24) is 20.5 Å². The van der Waals surface area contributed by atoms with Gasteiger partial charge in [0.05, 0.1) is 11.6 Å². The minimum absolute atomic E-state index is 0.0802. The molecule has 0 saturated heterocycles. The van der Waals surface area contributed by atoms with Crippen LogP contribution in [0.4, 0.5) is 0 Å². The molecule has 1 amide bonds. The number of aromatic amines is 1. The van der Waals surface area contributed by atoms with Gasteiger partial charge in [0.2, 0.25) is 5.91 Å². The van der Waals surface area contributed by atoms with E-state index in [4.69, 9.17) is 5.73 Å². The van der Waals surface area contributed by atoms with Crippen LogP contribution in [0.25, 0.3) is 0 Å². The van der Waals surface area contributed by atoms with Crippen LogP contribution in [0.5, 0.6) is 0 Å². The Bertz CT molecular complexity index is 493. The Morgan fingerprint density at radius 3 is 3.12 bits per heavy atom. The standard InChI is InChI=1S/C10H13N5OS/c1-6(10-13-5-14-15-10)12-3-8-2-7(4-17-8)9(11)16/h2,4-6,12H,3H2,1H3,(H2,11,16)(H,13,14,15). The molecule has 0 radical (unpaired) electrons. The minimum atomic E-state index is -0.393. The van der Waals surface area contributed by atoms with E-state index in [0.29, 0.717) is 12.1 Å². The van der Waals surface area contributed by atoms with Crippen LogP contribution in [0, 0.1) is 0 Å². The summed E-state index contributed by atoms with van der Waals surface area (Å²) in [4.78, 5) is 16.0. The van der Waals surface area contributed by atoms with Crippen LogP contribution >= 0.6 is 11.3 Å². The van der Waals surface area contributed by atoms with Gasteiger partial charge in [-0.3, -0.25) is 9.89 Å². The Balaban J connectivity index is 1.91. The molecule has 0 aromatic carbocycles. The van der Waals surface area contributed by atoms with Gasteiger partial charge in [0, 0.05) is 16.8 Å². The van der Waals surface area contributed by atoms with E-state index in [2.05, 4.69) is 20.5 Å². The fourth-order valence-electron chi connectivity index (χ4n) is 1.38. The number of aromatic nitrogens is 3. The van der Waals surface area contributed by atoms with Gasteiger partial charge in [-0.15, -0.1) is 11.3 Å². The molecule has 6 nitrogen and oxygen atoms in total. The number of nitrogens with two attached hydrogens (primary N) is 1. The number of H-pyrrole nitrogens is 1. The lowest BCUT2D eigenvalue weighted by Crippen LogP contribution is -2.18. The predicted molar refractivity (Wildman–Crippen MR) is 64.5 cm³/mol. The highest BCUT2D eigenvalue weighted by molar-refractivity contribution is 7.10. The molecular weight excluding hydrogens is 238 g/mol. The molecule has 17 heavy (non-hydrogen) atoms. The Hall–Kier alpha value is -1.73. The van der Waals surface area contributed by atoms with Crippen molar-refractivity contribution < 1.29 is 4.79 Å². The smallest absolute Gasteiger partial charge is 0.249 e. The van der Waals surface area contributed by atoms with Gasteiger partial charge in [-0.1, -0.05) is 0 Å². The maximum absolute atomic E-state index is 10.9. The molecule has 7 heteroatoms. The molecule has 1 unspecified atom stereocenters. The summed E-state index contributed by atoms with van der Waals surface area (Å²) in [5.41, 5.74) is 5.74. The van der Waals surface area contributed by atoms with Crippen LogP contribution in [0.15, 0.2) is 17.8 Å². The third-order valence-electron chi connectivity index (χ3n) is 2.36. The molecule has 1 atom stereocenters. The zero-order valence-corrected chi connectivity index (χ0v) is 10.1. The summed E-state index contributed by atoms with van der Waals surface area (Å²) in [6, 6.07) is 1.88. The fourth-order valence-corrected chi connectivity index (χ4v) is 2.20. The van der Waals surface area contributed by atoms with Crippen LogP contribution < -0.4 is 11.1 Å². The molecule has 0 saturated carbocycles. The Morgan fingerprint density at radius 2 is 2.53 bits per heavy atom. The van der Waals surface area contributed by atoms with Crippen molar-refractivity contribution in [2.45, 2.75) is 19.5 Å². The first-order valence-electron chi connectivity index (χ1n) is 5.12. The number of nitrogens with zero attached hydrogens (tertiary/aromatic N) is 2. The number of thiophene rings is 1. The largest absolute Gasteiger partial charge is 0.366 e. The van der Waals surface area contributed by atoms with Gasteiger partial charge in [0.15, 0.2) is 0 Å². The zero-order valence-electron chi connectivity index (χ0n) is 9.30. The third-order valence-corrected chi connectivity index (χ3v) is 3.30. The van der Waals surface area contributed by atoms with Gasteiger partial charge >= 0.3 is 0 Å². The summed E-state index contributed by atoms with van der Waals surface area (Å²) in [6.45, 7) is 2.66. The lowest BCUT2D eigenvalue weighted by atomic mass is 10.3.